The zero-order valence-corrected chi connectivity index (χ0v) is 16.1. The molecule has 0 aliphatic rings. The van der Waals surface area contributed by atoms with Crippen molar-refractivity contribution in [1.29, 1.82) is 0 Å². The second kappa shape index (κ2) is 7.70. The third kappa shape index (κ3) is 4.06. The van der Waals surface area contributed by atoms with E-state index in [9.17, 15) is 22.4 Å². The van der Waals surface area contributed by atoms with Crippen LogP contribution in [0, 0.1) is 5.82 Å². The molecule has 3 aromatic rings. The Labute approximate surface area is 168 Å². The molecule has 11 heteroatoms. The summed E-state index contributed by atoms with van der Waals surface area (Å²) in [5.41, 5.74) is -1.15. The highest BCUT2D eigenvalue weighted by Crippen LogP contribution is 2.18. The van der Waals surface area contributed by atoms with Crippen LogP contribution in [0.5, 0.6) is 0 Å². The molecule has 0 spiro atoms. The Morgan fingerprint density at radius 2 is 1.54 bits per heavy atom. The Balaban J connectivity index is 1.95. The summed E-state index contributed by atoms with van der Waals surface area (Å²) in [4.78, 5) is 27.3. The SMILES string of the molecule is O=C(Nc1nc(=O)n(S(=O)(=O)c2ccc(Cl)cc2)cc1F)c1ccc(Cl)cc1. The van der Waals surface area contributed by atoms with Gasteiger partial charge in [0.15, 0.2) is 11.6 Å². The quantitative estimate of drug-likeness (QED) is 0.670. The van der Waals surface area contributed by atoms with Crippen LogP contribution in [0.15, 0.2) is 64.4 Å². The van der Waals surface area contributed by atoms with Crippen LogP contribution in [0.2, 0.25) is 10.0 Å². The molecule has 0 aliphatic carbocycles. The number of aromatic nitrogens is 2. The lowest BCUT2D eigenvalue weighted by atomic mass is 10.2. The lowest BCUT2D eigenvalue weighted by molar-refractivity contribution is 0.102. The fourth-order valence-corrected chi connectivity index (χ4v) is 3.62. The maximum atomic E-state index is 14.3. The summed E-state index contributed by atoms with van der Waals surface area (Å²) in [5.74, 6) is -2.66. The molecular formula is C17H10Cl2FN3O4S. The topological polar surface area (TPSA) is 98.1 Å². The van der Waals surface area contributed by atoms with E-state index in [-0.39, 0.29) is 19.5 Å². The summed E-state index contributed by atoms with van der Waals surface area (Å²) in [6.07, 6.45) is 0.441. The van der Waals surface area contributed by atoms with Crippen LogP contribution in [0.1, 0.15) is 10.4 Å². The minimum atomic E-state index is -4.40. The highest BCUT2D eigenvalue weighted by atomic mass is 35.5. The van der Waals surface area contributed by atoms with Crippen molar-refractivity contribution in [2.24, 2.45) is 0 Å². The fraction of sp³-hybridized carbons (Fsp3) is 0. The van der Waals surface area contributed by atoms with Crippen LogP contribution in [0.25, 0.3) is 0 Å². The van der Waals surface area contributed by atoms with Gasteiger partial charge >= 0.3 is 5.69 Å². The van der Waals surface area contributed by atoms with Crippen molar-refractivity contribution in [3.8, 4) is 0 Å². The van der Waals surface area contributed by atoms with Gasteiger partial charge in [-0.15, -0.1) is 0 Å². The van der Waals surface area contributed by atoms with E-state index in [2.05, 4.69) is 10.3 Å². The minimum Gasteiger partial charge on any atom is -0.304 e. The normalized spacial score (nSPS) is 11.2. The molecule has 1 N–H and O–H groups in total. The molecule has 1 heterocycles. The standard InChI is InChI=1S/C17H10Cl2FN3O4S/c18-11-3-1-10(2-4-11)16(24)21-15-14(20)9-23(17(25)22-15)28(26,27)13-7-5-12(19)6-8-13/h1-9H,(H,21,22,24,25). The van der Waals surface area contributed by atoms with Gasteiger partial charge in [0.2, 0.25) is 0 Å². The van der Waals surface area contributed by atoms with Gasteiger partial charge < -0.3 is 5.32 Å². The molecular weight excluding hydrogens is 432 g/mol. The van der Waals surface area contributed by atoms with Crippen molar-refractivity contribution in [3.05, 3.63) is 86.6 Å². The summed E-state index contributed by atoms with van der Waals surface area (Å²) in [5, 5.41) is 2.81. The number of carbonyl (C=O) groups is 1. The Bertz CT molecular complexity index is 1210. The van der Waals surface area contributed by atoms with Crippen molar-refractivity contribution in [1.82, 2.24) is 8.96 Å². The molecule has 1 aromatic heterocycles. The number of rotatable bonds is 4. The smallest absolute Gasteiger partial charge is 0.304 e. The van der Waals surface area contributed by atoms with Gasteiger partial charge in [-0.25, -0.2) is 17.6 Å². The van der Waals surface area contributed by atoms with Crippen molar-refractivity contribution in [2.45, 2.75) is 4.90 Å². The highest BCUT2D eigenvalue weighted by Gasteiger charge is 2.22. The van der Waals surface area contributed by atoms with Gasteiger partial charge in [0, 0.05) is 15.6 Å². The van der Waals surface area contributed by atoms with Crippen LogP contribution in [0.4, 0.5) is 10.2 Å². The molecule has 0 fully saturated rings. The van der Waals surface area contributed by atoms with Crippen LogP contribution < -0.4 is 11.0 Å². The first kappa shape index (κ1) is 20.0. The molecule has 0 bridgehead atoms. The Kier molecular flexibility index (Phi) is 5.50. The summed E-state index contributed by atoms with van der Waals surface area (Å²) >= 11 is 11.4. The van der Waals surface area contributed by atoms with Crippen LogP contribution in [-0.4, -0.2) is 23.3 Å². The number of nitrogens with zero attached hydrogens (tertiary/aromatic N) is 2. The second-order valence-corrected chi connectivity index (χ2v) is 8.12. The molecule has 0 aliphatic heterocycles. The van der Waals surface area contributed by atoms with Gasteiger partial charge in [0.1, 0.15) is 0 Å². The van der Waals surface area contributed by atoms with E-state index in [4.69, 9.17) is 23.2 Å². The first-order valence-corrected chi connectivity index (χ1v) is 9.75. The number of amides is 1. The third-order valence-corrected chi connectivity index (χ3v) is 5.71. The van der Waals surface area contributed by atoms with Gasteiger partial charge in [0.05, 0.1) is 11.1 Å². The zero-order valence-electron chi connectivity index (χ0n) is 13.8. The lowest BCUT2D eigenvalue weighted by Crippen LogP contribution is -2.31. The molecule has 3 rings (SSSR count). The molecule has 144 valence electrons. The maximum Gasteiger partial charge on any atom is 0.363 e. The molecule has 0 saturated heterocycles. The first-order valence-electron chi connectivity index (χ1n) is 7.56. The summed E-state index contributed by atoms with van der Waals surface area (Å²) in [6.45, 7) is 0. The highest BCUT2D eigenvalue weighted by molar-refractivity contribution is 7.90. The Morgan fingerprint density at radius 1 is 1.00 bits per heavy atom. The van der Waals surface area contributed by atoms with E-state index < -0.39 is 33.3 Å². The van der Waals surface area contributed by atoms with E-state index >= 15 is 0 Å². The molecule has 1 amide bonds. The molecule has 28 heavy (non-hydrogen) atoms. The number of hydrogen-bond acceptors (Lipinski definition) is 5. The van der Waals surface area contributed by atoms with Crippen molar-refractivity contribution < 1.29 is 17.6 Å². The summed E-state index contributed by atoms with van der Waals surface area (Å²) < 4.78 is 39.5. The zero-order chi connectivity index (χ0) is 20.5. The Hall–Kier alpha value is -2.75. The average Bonchev–Trinajstić information content (AvgIpc) is 2.65. The summed E-state index contributed by atoms with van der Waals surface area (Å²) in [7, 11) is -4.40. The van der Waals surface area contributed by atoms with E-state index in [0.29, 0.717) is 11.2 Å². The molecule has 0 unspecified atom stereocenters. The van der Waals surface area contributed by atoms with Gasteiger partial charge in [0.25, 0.3) is 15.9 Å². The largest absolute Gasteiger partial charge is 0.363 e. The van der Waals surface area contributed by atoms with E-state index in [1.807, 2.05) is 0 Å². The monoisotopic (exact) mass is 441 g/mol. The Morgan fingerprint density at radius 3 is 2.11 bits per heavy atom. The lowest BCUT2D eigenvalue weighted by Gasteiger charge is -2.10. The molecule has 0 radical (unpaired) electrons. The predicted octanol–water partition coefficient (Wildman–Crippen LogP) is 3.18. The van der Waals surface area contributed by atoms with Crippen molar-refractivity contribution in [2.75, 3.05) is 5.32 Å². The van der Waals surface area contributed by atoms with Crippen LogP contribution >= 0.6 is 23.2 Å². The van der Waals surface area contributed by atoms with Gasteiger partial charge in [-0.1, -0.05) is 23.2 Å². The number of halogens is 3. The molecule has 7 nitrogen and oxygen atoms in total. The van der Waals surface area contributed by atoms with Gasteiger partial charge in [-0.3, -0.25) is 4.79 Å². The van der Waals surface area contributed by atoms with Gasteiger partial charge in [-0.2, -0.15) is 8.96 Å². The van der Waals surface area contributed by atoms with Crippen molar-refractivity contribution >= 4 is 45.0 Å². The van der Waals surface area contributed by atoms with E-state index in [1.54, 1.807) is 0 Å². The first-order chi connectivity index (χ1) is 13.2. The summed E-state index contributed by atoms with van der Waals surface area (Å²) in [6, 6.07) is 10.6. The average molecular weight is 442 g/mol. The van der Waals surface area contributed by atoms with E-state index in [1.165, 1.54) is 36.4 Å². The number of hydrogen-bond donors (Lipinski definition) is 1. The number of nitrogens with one attached hydrogen (secondary N) is 1. The van der Waals surface area contributed by atoms with Crippen molar-refractivity contribution in [3.63, 3.8) is 0 Å². The minimum absolute atomic E-state index is 0.142. The number of anilines is 1. The molecule has 2 aromatic carbocycles. The van der Waals surface area contributed by atoms with E-state index in [0.717, 1.165) is 12.1 Å². The van der Waals surface area contributed by atoms with Gasteiger partial charge in [-0.05, 0) is 48.5 Å². The molecule has 0 saturated carbocycles. The number of carbonyl (C=O) groups excluding carboxylic acids is 1. The third-order valence-electron chi connectivity index (χ3n) is 3.56. The fourth-order valence-electron chi connectivity index (χ4n) is 2.18. The molecule has 0 atom stereocenters. The maximum absolute atomic E-state index is 14.3. The van der Waals surface area contributed by atoms with Crippen LogP contribution in [0.3, 0.4) is 0 Å². The predicted molar refractivity (Wildman–Crippen MR) is 102 cm³/mol. The number of benzene rings is 2. The van der Waals surface area contributed by atoms with Crippen LogP contribution in [-0.2, 0) is 10.0 Å². The second-order valence-electron chi connectivity index (χ2n) is 5.44.